The lowest BCUT2D eigenvalue weighted by Gasteiger charge is -2.17. The average Bonchev–Trinajstić information content (AvgIpc) is 2.63. The van der Waals surface area contributed by atoms with Crippen molar-refractivity contribution in [3.05, 3.63) is 16.7 Å². The predicted molar refractivity (Wildman–Crippen MR) is 65.1 cm³/mol. The number of methoxy groups -OCH3 is 1. The molecule has 4 atom stereocenters. The third-order valence-electron chi connectivity index (χ3n) is 2.95. The molecule has 0 bridgehead atoms. The maximum absolute atomic E-state index is 11.7. The summed E-state index contributed by atoms with van der Waals surface area (Å²) in [4.78, 5) is 15.2. The molecule has 1 saturated heterocycles. The molecule has 106 valence electrons. The lowest BCUT2D eigenvalue weighted by molar-refractivity contribution is -0.0613. The van der Waals surface area contributed by atoms with Gasteiger partial charge in [-0.05, 0) is 0 Å². The van der Waals surface area contributed by atoms with Gasteiger partial charge in [-0.2, -0.15) is 4.98 Å². The van der Waals surface area contributed by atoms with E-state index in [0.717, 1.165) is 4.57 Å². The van der Waals surface area contributed by atoms with E-state index in [1.54, 1.807) is 0 Å². The molecule has 1 aromatic rings. The first-order valence-electron chi connectivity index (χ1n) is 5.60. The highest BCUT2D eigenvalue weighted by molar-refractivity contribution is 5.55. The first-order chi connectivity index (χ1) is 8.95. The van der Waals surface area contributed by atoms with Crippen LogP contribution in [0.3, 0.4) is 0 Å². The number of anilines is 2. The number of ether oxygens (including phenoxy) is 2. The number of aliphatic hydroxyl groups excluding tert-OH is 2. The van der Waals surface area contributed by atoms with E-state index in [-0.39, 0.29) is 18.1 Å². The predicted octanol–water partition coefficient (Wildman–Crippen LogP) is -2.33. The Morgan fingerprint density at radius 3 is 2.79 bits per heavy atom. The van der Waals surface area contributed by atoms with E-state index in [0.29, 0.717) is 0 Å². The third-order valence-corrected chi connectivity index (χ3v) is 2.95. The number of rotatable bonds is 3. The first-order valence-corrected chi connectivity index (χ1v) is 5.60. The fourth-order valence-electron chi connectivity index (χ4n) is 1.94. The molecular formula is C10H16N4O5. The van der Waals surface area contributed by atoms with E-state index in [2.05, 4.69) is 4.98 Å². The minimum Gasteiger partial charge on any atom is -0.395 e. The van der Waals surface area contributed by atoms with Crippen molar-refractivity contribution < 1.29 is 19.7 Å². The average molecular weight is 272 g/mol. The molecule has 2 rings (SSSR count). The molecule has 0 radical (unpaired) electrons. The second-order valence-electron chi connectivity index (χ2n) is 4.27. The fraction of sp³-hybridized carbons (Fsp3) is 0.600. The number of nitrogens with two attached hydrogens (primary N) is 2. The van der Waals surface area contributed by atoms with E-state index < -0.39 is 30.2 Å². The Morgan fingerprint density at radius 2 is 2.16 bits per heavy atom. The fourth-order valence-corrected chi connectivity index (χ4v) is 1.94. The van der Waals surface area contributed by atoms with Crippen LogP contribution in [0.5, 0.6) is 0 Å². The molecule has 1 aromatic heterocycles. The molecule has 2 heterocycles. The number of aliphatic hydroxyl groups is 2. The second-order valence-corrected chi connectivity index (χ2v) is 4.27. The molecule has 6 N–H and O–H groups in total. The quantitative estimate of drug-likeness (QED) is 0.479. The number of nitrogens with zero attached hydrogens (tertiary/aromatic N) is 2. The summed E-state index contributed by atoms with van der Waals surface area (Å²) < 4.78 is 11.2. The summed E-state index contributed by atoms with van der Waals surface area (Å²) in [6.45, 7) is 0.0847. The smallest absolute Gasteiger partial charge is 0.351 e. The van der Waals surface area contributed by atoms with Crippen LogP contribution in [0.15, 0.2) is 11.0 Å². The Morgan fingerprint density at radius 1 is 1.47 bits per heavy atom. The minimum atomic E-state index is -1.29. The zero-order valence-corrected chi connectivity index (χ0v) is 10.3. The van der Waals surface area contributed by atoms with Crippen molar-refractivity contribution in [3.8, 4) is 0 Å². The lowest BCUT2D eigenvalue weighted by Crippen LogP contribution is -2.36. The van der Waals surface area contributed by atoms with Gasteiger partial charge in [-0.15, -0.1) is 0 Å². The summed E-state index contributed by atoms with van der Waals surface area (Å²) in [5, 5.41) is 19.7. The van der Waals surface area contributed by atoms with Gasteiger partial charge in [-0.3, -0.25) is 4.57 Å². The number of hydrogen-bond donors (Lipinski definition) is 4. The van der Waals surface area contributed by atoms with Crippen LogP contribution in [0.25, 0.3) is 0 Å². The highest BCUT2D eigenvalue weighted by Crippen LogP contribution is 2.29. The van der Waals surface area contributed by atoms with Gasteiger partial charge >= 0.3 is 5.69 Å². The summed E-state index contributed by atoms with van der Waals surface area (Å²) in [7, 11) is 1.44. The topological polar surface area (TPSA) is 146 Å². The Labute approximate surface area is 108 Å². The molecule has 1 fully saturated rings. The molecule has 0 aromatic carbocycles. The van der Waals surface area contributed by atoms with Gasteiger partial charge in [-0.25, -0.2) is 4.79 Å². The number of nitrogen functional groups attached to an aromatic ring is 2. The van der Waals surface area contributed by atoms with Crippen LogP contribution in [0, 0.1) is 0 Å². The first kappa shape index (κ1) is 13.7. The Bertz CT molecular complexity index is 519. The summed E-state index contributed by atoms with van der Waals surface area (Å²) in [5.41, 5.74) is 10.3. The summed E-state index contributed by atoms with van der Waals surface area (Å²) >= 11 is 0. The van der Waals surface area contributed by atoms with Gasteiger partial charge in [0.15, 0.2) is 12.0 Å². The van der Waals surface area contributed by atoms with Crippen LogP contribution in [-0.4, -0.2) is 51.8 Å². The SMILES string of the molecule is COC[C@H]1O[C@@H](n2cc(N)c(N)nc2=O)[C@H](O)[C@@H]1O. The molecule has 1 aliphatic heterocycles. The molecular weight excluding hydrogens is 256 g/mol. The summed E-state index contributed by atoms with van der Waals surface area (Å²) in [6.07, 6.45) is -3.06. The van der Waals surface area contributed by atoms with Gasteiger partial charge in [0.25, 0.3) is 0 Å². The lowest BCUT2D eigenvalue weighted by atomic mass is 10.1. The molecule has 0 spiro atoms. The standard InChI is InChI=1S/C10H16N4O5/c1-18-3-5-6(15)7(16)9(19-5)14-2-4(11)8(12)13-10(14)17/h2,5-7,9,15-16H,3,11H2,1H3,(H2,12,13,17)/t5-,6-,7-,9-/m1/s1. The van der Waals surface area contributed by atoms with Gasteiger partial charge in [0, 0.05) is 13.3 Å². The van der Waals surface area contributed by atoms with Crippen LogP contribution in [0.1, 0.15) is 6.23 Å². The number of hydrogen-bond acceptors (Lipinski definition) is 8. The van der Waals surface area contributed by atoms with E-state index in [1.165, 1.54) is 13.3 Å². The minimum absolute atomic E-state index is 0.0834. The van der Waals surface area contributed by atoms with Crippen molar-refractivity contribution in [2.24, 2.45) is 0 Å². The molecule has 9 nitrogen and oxygen atoms in total. The van der Waals surface area contributed by atoms with Crippen molar-refractivity contribution in [3.63, 3.8) is 0 Å². The van der Waals surface area contributed by atoms with Crippen LogP contribution < -0.4 is 17.2 Å². The summed E-state index contributed by atoms with van der Waals surface area (Å²) in [6, 6.07) is 0. The summed E-state index contributed by atoms with van der Waals surface area (Å²) in [5.74, 6) is -0.0947. The van der Waals surface area contributed by atoms with Crippen LogP contribution in [0.4, 0.5) is 11.5 Å². The van der Waals surface area contributed by atoms with Crippen molar-refractivity contribution in [2.75, 3.05) is 25.2 Å². The molecule has 0 saturated carbocycles. The van der Waals surface area contributed by atoms with E-state index >= 15 is 0 Å². The monoisotopic (exact) mass is 272 g/mol. The van der Waals surface area contributed by atoms with Gasteiger partial charge < -0.3 is 31.2 Å². The molecule has 1 aliphatic rings. The Kier molecular flexibility index (Phi) is 3.71. The van der Waals surface area contributed by atoms with Crippen LogP contribution in [0.2, 0.25) is 0 Å². The van der Waals surface area contributed by atoms with Gasteiger partial charge in [0.2, 0.25) is 0 Å². The van der Waals surface area contributed by atoms with E-state index in [1.807, 2.05) is 0 Å². The molecule has 0 amide bonds. The van der Waals surface area contributed by atoms with E-state index in [9.17, 15) is 15.0 Å². The molecule has 9 heteroatoms. The molecule has 0 unspecified atom stereocenters. The highest BCUT2D eigenvalue weighted by Gasteiger charge is 2.44. The van der Waals surface area contributed by atoms with Gasteiger partial charge in [-0.1, -0.05) is 0 Å². The Hall–Kier alpha value is -1.68. The van der Waals surface area contributed by atoms with Crippen molar-refractivity contribution >= 4 is 11.5 Å². The molecule has 0 aliphatic carbocycles. The van der Waals surface area contributed by atoms with Crippen molar-refractivity contribution in [1.29, 1.82) is 0 Å². The largest absolute Gasteiger partial charge is 0.395 e. The van der Waals surface area contributed by atoms with Crippen LogP contribution >= 0.6 is 0 Å². The second kappa shape index (κ2) is 5.13. The Balaban J connectivity index is 2.33. The van der Waals surface area contributed by atoms with Crippen molar-refractivity contribution in [2.45, 2.75) is 24.5 Å². The van der Waals surface area contributed by atoms with Gasteiger partial charge in [0.1, 0.15) is 18.3 Å². The van der Waals surface area contributed by atoms with Crippen LogP contribution in [-0.2, 0) is 9.47 Å². The zero-order chi connectivity index (χ0) is 14.2. The maximum atomic E-state index is 11.7. The molecule has 19 heavy (non-hydrogen) atoms. The zero-order valence-electron chi connectivity index (χ0n) is 10.3. The normalized spacial score (nSPS) is 30.7. The maximum Gasteiger partial charge on any atom is 0.351 e. The van der Waals surface area contributed by atoms with Crippen molar-refractivity contribution in [1.82, 2.24) is 9.55 Å². The van der Waals surface area contributed by atoms with E-state index in [4.69, 9.17) is 20.9 Å². The number of aromatic nitrogens is 2. The third kappa shape index (κ3) is 2.40. The highest BCUT2D eigenvalue weighted by atomic mass is 16.6. The van der Waals surface area contributed by atoms with Gasteiger partial charge in [0.05, 0.1) is 12.3 Å².